The summed E-state index contributed by atoms with van der Waals surface area (Å²) in [5, 5.41) is 6.65. The molecule has 0 amide bonds. The maximum atomic E-state index is 5.56. The molecule has 0 aliphatic heterocycles. The molecule has 0 atom stereocenters. The van der Waals surface area contributed by atoms with Gasteiger partial charge in [0.25, 0.3) is 0 Å². The number of guanidine groups is 1. The molecule has 134 valence electrons. The molecule has 2 aromatic rings. The number of nitrogens with one attached hydrogen (secondary N) is 2. The first-order valence-corrected chi connectivity index (χ1v) is 8.98. The van der Waals surface area contributed by atoms with Crippen molar-refractivity contribution < 1.29 is 4.42 Å². The van der Waals surface area contributed by atoms with E-state index in [4.69, 9.17) is 4.42 Å². The minimum absolute atomic E-state index is 0.579. The van der Waals surface area contributed by atoms with Crippen molar-refractivity contribution in [2.24, 2.45) is 4.99 Å². The fourth-order valence-corrected chi connectivity index (χ4v) is 2.85. The highest BCUT2D eigenvalue weighted by molar-refractivity contribution is 5.79. The summed E-state index contributed by atoms with van der Waals surface area (Å²) in [6.45, 7) is 5.85. The zero-order chi connectivity index (χ0) is 17.5. The lowest BCUT2D eigenvalue weighted by atomic mass is 10.2. The van der Waals surface area contributed by atoms with Crippen LogP contribution >= 0.6 is 0 Å². The number of aliphatic imine (C=N–C) groups is 1. The Kier molecular flexibility index (Phi) is 6.06. The van der Waals surface area contributed by atoms with Gasteiger partial charge in [0.05, 0.1) is 12.2 Å². The van der Waals surface area contributed by atoms with Crippen LogP contribution in [0.25, 0.3) is 11.5 Å². The summed E-state index contributed by atoms with van der Waals surface area (Å²) < 4.78 is 5.56. The molecule has 6 heteroatoms. The standard InChI is InChI=1S/C19H27N5O/c1-3-24(17-9-10-17)12-11-21-19(20-2)22-13-16-14-25-18(23-16)15-7-5-4-6-8-15/h4-8,14,17H,3,9-13H2,1-2H3,(H2,20,21,22). The highest BCUT2D eigenvalue weighted by Crippen LogP contribution is 2.25. The Balaban J connectivity index is 1.44. The van der Waals surface area contributed by atoms with Crippen LogP contribution in [0.4, 0.5) is 0 Å². The Hall–Kier alpha value is -2.34. The third-order valence-corrected chi connectivity index (χ3v) is 4.39. The number of nitrogens with zero attached hydrogens (tertiary/aromatic N) is 3. The number of rotatable bonds is 8. The summed E-state index contributed by atoms with van der Waals surface area (Å²) in [6, 6.07) is 10.7. The first-order valence-electron chi connectivity index (χ1n) is 8.98. The Morgan fingerprint density at radius 2 is 2.08 bits per heavy atom. The number of hydrogen-bond donors (Lipinski definition) is 2. The van der Waals surface area contributed by atoms with Gasteiger partial charge >= 0.3 is 0 Å². The van der Waals surface area contributed by atoms with Crippen LogP contribution in [0.5, 0.6) is 0 Å². The largest absolute Gasteiger partial charge is 0.444 e. The van der Waals surface area contributed by atoms with Crippen LogP contribution < -0.4 is 10.6 Å². The lowest BCUT2D eigenvalue weighted by Crippen LogP contribution is -2.41. The first kappa shape index (κ1) is 17.5. The highest BCUT2D eigenvalue weighted by Gasteiger charge is 2.27. The lowest BCUT2D eigenvalue weighted by molar-refractivity contribution is 0.282. The van der Waals surface area contributed by atoms with Gasteiger partial charge in [-0.25, -0.2) is 4.98 Å². The highest BCUT2D eigenvalue weighted by atomic mass is 16.3. The number of oxazole rings is 1. The van der Waals surface area contributed by atoms with Crippen molar-refractivity contribution in [2.75, 3.05) is 26.7 Å². The maximum absolute atomic E-state index is 5.56. The summed E-state index contributed by atoms with van der Waals surface area (Å²) in [6.07, 6.45) is 4.38. The normalized spacial score (nSPS) is 14.8. The fraction of sp³-hybridized carbons (Fsp3) is 0.474. The molecule has 0 unspecified atom stereocenters. The molecule has 1 saturated carbocycles. The van der Waals surface area contributed by atoms with Gasteiger partial charge in [-0.3, -0.25) is 9.89 Å². The minimum atomic E-state index is 0.579. The quantitative estimate of drug-likeness (QED) is 0.570. The first-order chi connectivity index (χ1) is 12.3. The van der Waals surface area contributed by atoms with E-state index in [0.29, 0.717) is 12.4 Å². The van der Waals surface area contributed by atoms with Crippen LogP contribution in [0.1, 0.15) is 25.5 Å². The second-order valence-electron chi connectivity index (χ2n) is 6.22. The van der Waals surface area contributed by atoms with Crippen molar-refractivity contribution in [3.05, 3.63) is 42.3 Å². The molecule has 1 aliphatic carbocycles. The van der Waals surface area contributed by atoms with Gasteiger partial charge in [0.1, 0.15) is 6.26 Å². The molecule has 0 saturated heterocycles. The summed E-state index contributed by atoms with van der Waals surface area (Å²) >= 11 is 0. The van der Waals surface area contributed by atoms with E-state index in [2.05, 4.69) is 32.4 Å². The molecule has 1 aromatic carbocycles. The molecule has 0 spiro atoms. The molecule has 0 radical (unpaired) electrons. The van der Waals surface area contributed by atoms with E-state index in [9.17, 15) is 0 Å². The van der Waals surface area contributed by atoms with Crippen molar-refractivity contribution in [2.45, 2.75) is 32.4 Å². The van der Waals surface area contributed by atoms with E-state index in [0.717, 1.165) is 42.9 Å². The van der Waals surface area contributed by atoms with Crippen molar-refractivity contribution >= 4 is 5.96 Å². The Morgan fingerprint density at radius 1 is 1.28 bits per heavy atom. The van der Waals surface area contributed by atoms with Gasteiger partial charge in [-0.15, -0.1) is 0 Å². The van der Waals surface area contributed by atoms with Gasteiger partial charge in [-0.2, -0.15) is 0 Å². The monoisotopic (exact) mass is 341 g/mol. The van der Waals surface area contributed by atoms with Gasteiger partial charge in [0.15, 0.2) is 5.96 Å². The van der Waals surface area contributed by atoms with E-state index in [1.807, 2.05) is 30.3 Å². The summed E-state index contributed by atoms with van der Waals surface area (Å²) in [5.41, 5.74) is 1.84. The SMILES string of the molecule is CCN(CCNC(=NC)NCc1coc(-c2ccccc2)n1)C1CC1. The lowest BCUT2D eigenvalue weighted by Gasteiger charge is -2.20. The Labute approximate surface area is 149 Å². The van der Waals surface area contributed by atoms with E-state index in [1.54, 1.807) is 13.3 Å². The topological polar surface area (TPSA) is 65.7 Å². The van der Waals surface area contributed by atoms with E-state index in [-0.39, 0.29) is 0 Å². The molecule has 25 heavy (non-hydrogen) atoms. The van der Waals surface area contributed by atoms with Crippen LogP contribution in [-0.2, 0) is 6.54 Å². The maximum Gasteiger partial charge on any atom is 0.226 e. The van der Waals surface area contributed by atoms with E-state index >= 15 is 0 Å². The van der Waals surface area contributed by atoms with Gasteiger partial charge in [-0.05, 0) is 31.5 Å². The van der Waals surface area contributed by atoms with Crippen molar-refractivity contribution in [1.29, 1.82) is 0 Å². The molecule has 6 nitrogen and oxygen atoms in total. The van der Waals surface area contributed by atoms with Gasteiger partial charge in [0, 0.05) is 31.7 Å². The average molecular weight is 341 g/mol. The molecule has 1 aliphatic rings. The molecule has 3 rings (SSSR count). The zero-order valence-corrected chi connectivity index (χ0v) is 15.0. The fourth-order valence-electron chi connectivity index (χ4n) is 2.85. The van der Waals surface area contributed by atoms with Gasteiger partial charge in [-0.1, -0.05) is 25.1 Å². The predicted molar refractivity (Wildman–Crippen MR) is 100 cm³/mol. The van der Waals surface area contributed by atoms with Crippen LogP contribution in [-0.4, -0.2) is 48.6 Å². The number of aromatic nitrogens is 1. The molecule has 1 fully saturated rings. The van der Waals surface area contributed by atoms with Crippen molar-refractivity contribution in [1.82, 2.24) is 20.5 Å². The number of likely N-dealkylation sites (N-methyl/N-ethyl adjacent to an activating group) is 1. The Bertz CT molecular complexity index is 678. The van der Waals surface area contributed by atoms with Crippen LogP contribution in [0.15, 0.2) is 46.0 Å². The minimum Gasteiger partial charge on any atom is -0.444 e. The third kappa shape index (κ3) is 5.06. The summed E-state index contributed by atoms with van der Waals surface area (Å²) in [4.78, 5) is 11.3. The smallest absolute Gasteiger partial charge is 0.226 e. The van der Waals surface area contributed by atoms with Crippen molar-refractivity contribution in [3.63, 3.8) is 0 Å². The predicted octanol–water partition coefficient (Wildman–Crippen LogP) is 2.49. The molecule has 0 bridgehead atoms. The molecule has 2 N–H and O–H groups in total. The molecule has 1 heterocycles. The summed E-state index contributed by atoms with van der Waals surface area (Å²) in [7, 11) is 1.78. The number of benzene rings is 1. The zero-order valence-electron chi connectivity index (χ0n) is 15.0. The molecular formula is C19H27N5O. The van der Waals surface area contributed by atoms with Crippen LogP contribution in [0.3, 0.4) is 0 Å². The van der Waals surface area contributed by atoms with Gasteiger partial charge < -0.3 is 15.1 Å². The second kappa shape index (κ2) is 8.67. The van der Waals surface area contributed by atoms with E-state index in [1.165, 1.54) is 12.8 Å². The molecule has 1 aromatic heterocycles. The Morgan fingerprint density at radius 3 is 2.76 bits per heavy atom. The van der Waals surface area contributed by atoms with Crippen LogP contribution in [0.2, 0.25) is 0 Å². The third-order valence-electron chi connectivity index (χ3n) is 4.39. The van der Waals surface area contributed by atoms with Crippen molar-refractivity contribution in [3.8, 4) is 11.5 Å². The summed E-state index contributed by atoms with van der Waals surface area (Å²) in [5.74, 6) is 1.43. The van der Waals surface area contributed by atoms with E-state index < -0.39 is 0 Å². The van der Waals surface area contributed by atoms with Gasteiger partial charge in [0.2, 0.25) is 5.89 Å². The average Bonchev–Trinajstić information content (AvgIpc) is 3.39. The number of hydrogen-bond acceptors (Lipinski definition) is 4. The molecular weight excluding hydrogens is 314 g/mol. The second-order valence-corrected chi connectivity index (χ2v) is 6.22. The van der Waals surface area contributed by atoms with Crippen LogP contribution in [0, 0.1) is 0 Å².